The van der Waals surface area contributed by atoms with Gasteiger partial charge in [0.25, 0.3) is 0 Å². The summed E-state index contributed by atoms with van der Waals surface area (Å²) >= 11 is 9.77. The van der Waals surface area contributed by atoms with Crippen molar-refractivity contribution in [2.45, 2.75) is 55.1 Å². The molecule has 18 heavy (non-hydrogen) atoms. The van der Waals surface area contributed by atoms with Crippen molar-refractivity contribution in [1.29, 1.82) is 0 Å². The number of ether oxygens (including phenoxy) is 1. The number of rotatable bonds is 1. The minimum absolute atomic E-state index is 0.136. The summed E-state index contributed by atoms with van der Waals surface area (Å²) in [5.74, 6) is 0. The molecule has 0 N–H and O–H groups in total. The first-order chi connectivity index (χ1) is 8.67. The molecule has 1 aromatic carbocycles. The van der Waals surface area contributed by atoms with Crippen molar-refractivity contribution in [3.05, 3.63) is 34.9 Å². The third-order valence-electron chi connectivity index (χ3n) is 4.21. The van der Waals surface area contributed by atoms with Crippen molar-refractivity contribution in [1.82, 2.24) is 0 Å². The van der Waals surface area contributed by atoms with Gasteiger partial charge in [-0.2, -0.15) is 0 Å². The second kappa shape index (κ2) is 5.15. The molecule has 1 nitrogen and oxygen atoms in total. The quantitative estimate of drug-likeness (QED) is 0.638. The molecule has 1 aliphatic carbocycles. The van der Waals surface area contributed by atoms with E-state index >= 15 is 0 Å². The van der Waals surface area contributed by atoms with Crippen LogP contribution in [0.5, 0.6) is 0 Å². The van der Waals surface area contributed by atoms with Gasteiger partial charge in [-0.1, -0.05) is 52.5 Å². The third kappa shape index (κ3) is 2.61. The number of alkyl halides is 1. The zero-order valence-corrected chi connectivity index (χ0v) is 12.7. The molecule has 2 fully saturated rings. The molecule has 1 saturated carbocycles. The number of halogens is 2. The normalized spacial score (nSPS) is 30.8. The van der Waals surface area contributed by atoms with Crippen LogP contribution >= 0.6 is 27.5 Å². The van der Waals surface area contributed by atoms with Crippen molar-refractivity contribution in [3.8, 4) is 0 Å². The summed E-state index contributed by atoms with van der Waals surface area (Å²) in [5.41, 5.74) is 1.39. The first-order valence-corrected chi connectivity index (χ1v) is 8.04. The Kier molecular flexibility index (Phi) is 3.70. The van der Waals surface area contributed by atoms with Gasteiger partial charge in [-0.05, 0) is 43.4 Å². The summed E-state index contributed by atoms with van der Waals surface area (Å²) in [6.07, 6.45) is 7.51. The van der Waals surface area contributed by atoms with Crippen LogP contribution in [0.3, 0.4) is 0 Å². The Morgan fingerprint density at radius 2 is 1.83 bits per heavy atom. The molecule has 3 rings (SSSR count). The van der Waals surface area contributed by atoms with Gasteiger partial charge in [-0.3, -0.25) is 0 Å². The Morgan fingerprint density at radius 3 is 2.50 bits per heavy atom. The Morgan fingerprint density at radius 1 is 1.17 bits per heavy atom. The van der Waals surface area contributed by atoms with Crippen molar-refractivity contribution in [3.63, 3.8) is 0 Å². The van der Waals surface area contributed by atoms with Crippen LogP contribution in [0.25, 0.3) is 0 Å². The van der Waals surface area contributed by atoms with Gasteiger partial charge in [0.05, 0.1) is 11.7 Å². The average Bonchev–Trinajstić information content (AvgIpc) is 2.77. The summed E-state index contributed by atoms with van der Waals surface area (Å²) in [6.45, 7) is 0. The molecule has 98 valence electrons. The van der Waals surface area contributed by atoms with Gasteiger partial charge in [-0.15, -0.1) is 0 Å². The van der Waals surface area contributed by atoms with E-state index in [4.69, 9.17) is 16.3 Å². The Bertz CT molecular complexity index is 411. The van der Waals surface area contributed by atoms with Crippen LogP contribution in [-0.4, -0.2) is 10.4 Å². The molecule has 1 aromatic rings. The maximum atomic E-state index is 6.46. The maximum Gasteiger partial charge on any atom is 0.0843 e. The van der Waals surface area contributed by atoms with E-state index in [1.165, 1.54) is 31.2 Å². The van der Waals surface area contributed by atoms with Gasteiger partial charge in [0.1, 0.15) is 0 Å². The fourth-order valence-corrected chi connectivity index (χ4v) is 4.40. The van der Waals surface area contributed by atoms with E-state index in [9.17, 15) is 0 Å². The summed E-state index contributed by atoms with van der Waals surface area (Å²) in [5, 5.41) is 0.792. The first kappa shape index (κ1) is 13.0. The molecule has 0 aromatic heterocycles. The second-order valence-corrected chi connectivity index (χ2v) is 7.32. The van der Waals surface area contributed by atoms with Gasteiger partial charge < -0.3 is 4.74 Å². The second-order valence-electron chi connectivity index (χ2n) is 5.59. The predicted molar refractivity (Wildman–Crippen MR) is 78.4 cm³/mol. The van der Waals surface area contributed by atoms with Crippen LogP contribution in [0.1, 0.15) is 50.2 Å². The van der Waals surface area contributed by atoms with E-state index < -0.39 is 0 Å². The van der Waals surface area contributed by atoms with Gasteiger partial charge in [-0.25, -0.2) is 0 Å². The molecule has 3 heteroatoms. The minimum Gasteiger partial charge on any atom is -0.367 e. The fourth-order valence-electron chi connectivity index (χ4n) is 3.34. The maximum absolute atomic E-state index is 6.46. The highest BCUT2D eigenvalue weighted by atomic mass is 79.9. The van der Waals surface area contributed by atoms with E-state index in [0.717, 1.165) is 17.9 Å². The van der Waals surface area contributed by atoms with Crippen molar-refractivity contribution in [2.75, 3.05) is 0 Å². The molecule has 0 amide bonds. The van der Waals surface area contributed by atoms with E-state index in [0.29, 0.717) is 4.83 Å². The Balaban J connectivity index is 1.81. The van der Waals surface area contributed by atoms with Crippen molar-refractivity contribution in [2.24, 2.45) is 0 Å². The lowest BCUT2D eigenvalue weighted by Gasteiger charge is -2.41. The van der Waals surface area contributed by atoms with Gasteiger partial charge in [0, 0.05) is 9.85 Å². The van der Waals surface area contributed by atoms with Crippen LogP contribution in [0, 0.1) is 0 Å². The molecular weight excluding hydrogens is 312 g/mol. The van der Waals surface area contributed by atoms with E-state index in [1.807, 2.05) is 12.1 Å². The zero-order chi connectivity index (χ0) is 12.6. The third-order valence-corrected chi connectivity index (χ3v) is 5.16. The van der Waals surface area contributed by atoms with Crippen LogP contribution in [-0.2, 0) is 4.74 Å². The molecule has 2 atom stereocenters. The average molecular weight is 330 g/mol. The lowest BCUT2D eigenvalue weighted by molar-refractivity contribution is -0.123. The lowest BCUT2D eigenvalue weighted by Crippen LogP contribution is -2.39. The zero-order valence-electron chi connectivity index (χ0n) is 10.4. The molecule has 0 bridgehead atoms. The standard InChI is InChI=1S/C15H18BrClO/c16-12-9-14(11-3-5-13(17)6-4-11)18-15(10-12)7-1-2-8-15/h3-6,12,14H,1-2,7-10H2/t12-,14-/m0/s1. The van der Waals surface area contributed by atoms with E-state index in [2.05, 4.69) is 28.1 Å². The molecule has 1 heterocycles. The van der Waals surface area contributed by atoms with Crippen molar-refractivity contribution >= 4 is 27.5 Å². The number of benzene rings is 1. The van der Waals surface area contributed by atoms with Crippen LogP contribution in [0.4, 0.5) is 0 Å². The molecule has 1 saturated heterocycles. The number of hydrogen-bond donors (Lipinski definition) is 0. The SMILES string of the molecule is Clc1ccc([C@@H]2C[C@H](Br)CC3(CCCC3)O2)cc1. The summed E-state index contributed by atoms with van der Waals surface area (Å²) in [6, 6.07) is 8.11. The molecule has 2 aliphatic rings. The van der Waals surface area contributed by atoms with Crippen molar-refractivity contribution < 1.29 is 4.74 Å². The van der Waals surface area contributed by atoms with Crippen LogP contribution in [0.2, 0.25) is 5.02 Å². The lowest BCUT2D eigenvalue weighted by atomic mass is 9.88. The van der Waals surface area contributed by atoms with Crippen LogP contribution in [0.15, 0.2) is 24.3 Å². The summed E-state index contributed by atoms with van der Waals surface area (Å²) in [4.78, 5) is 0.574. The Labute approximate surface area is 122 Å². The molecule has 0 radical (unpaired) electrons. The highest BCUT2D eigenvalue weighted by molar-refractivity contribution is 9.09. The first-order valence-electron chi connectivity index (χ1n) is 6.74. The van der Waals surface area contributed by atoms with Crippen LogP contribution < -0.4 is 0 Å². The number of hydrogen-bond acceptors (Lipinski definition) is 1. The highest BCUT2D eigenvalue weighted by Gasteiger charge is 2.43. The molecular formula is C15H18BrClO. The summed E-state index contributed by atoms with van der Waals surface area (Å²) < 4.78 is 6.46. The predicted octanol–water partition coefficient (Wildman–Crippen LogP) is 5.27. The van der Waals surface area contributed by atoms with Gasteiger partial charge >= 0.3 is 0 Å². The molecule has 1 spiro atoms. The summed E-state index contributed by atoms with van der Waals surface area (Å²) in [7, 11) is 0. The van der Waals surface area contributed by atoms with Gasteiger partial charge in [0.2, 0.25) is 0 Å². The fraction of sp³-hybridized carbons (Fsp3) is 0.600. The minimum atomic E-state index is 0.136. The molecule has 1 aliphatic heterocycles. The van der Waals surface area contributed by atoms with Gasteiger partial charge in [0.15, 0.2) is 0 Å². The monoisotopic (exact) mass is 328 g/mol. The molecule has 0 unspecified atom stereocenters. The topological polar surface area (TPSA) is 9.23 Å². The Hall–Kier alpha value is -0.0500. The smallest absolute Gasteiger partial charge is 0.0843 e. The largest absolute Gasteiger partial charge is 0.367 e. The highest BCUT2D eigenvalue weighted by Crippen LogP contribution is 2.47. The van der Waals surface area contributed by atoms with E-state index in [-0.39, 0.29) is 11.7 Å². The van der Waals surface area contributed by atoms with E-state index in [1.54, 1.807) is 0 Å².